The van der Waals surface area contributed by atoms with E-state index in [1.165, 1.54) is 18.2 Å². The highest BCUT2D eigenvalue weighted by molar-refractivity contribution is 7.99. The van der Waals surface area contributed by atoms with E-state index in [0.717, 1.165) is 55.5 Å². The van der Waals surface area contributed by atoms with E-state index in [1.807, 2.05) is 30.3 Å². The first-order valence-corrected chi connectivity index (χ1v) is 12.1. The Morgan fingerprint density at radius 3 is 2.77 bits per heavy atom. The number of benzene rings is 1. The summed E-state index contributed by atoms with van der Waals surface area (Å²) in [6.45, 7) is 8.67. The largest absolute Gasteiger partial charge is 0.486 e. The molecule has 1 aromatic carbocycles. The number of nitrogens with zero attached hydrogens (tertiary/aromatic N) is 4. The zero-order valence-electron chi connectivity index (χ0n) is 18.4. The van der Waals surface area contributed by atoms with Gasteiger partial charge in [0.1, 0.15) is 12.4 Å². The van der Waals surface area contributed by atoms with Gasteiger partial charge >= 0.3 is 0 Å². The van der Waals surface area contributed by atoms with Gasteiger partial charge in [0.15, 0.2) is 11.0 Å². The van der Waals surface area contributed by atoms with Crippen LogP contribution in [0.5, 0.6) is 5.75 Å². The summed E-state index contributed by atoms with van der Waals surface area (Å²) in [5.41, 5.74) is 0. The van der Waals surface area contributed by atoms with Crippen LogP contribution in [0.4, 0.5) is 0 Å². The van der Waals surface area contributed by atoms with Crippen LogP contribution in [-0.4, -0.2) is 43.9 Å². The van der Waals surface area contributed by atoms with Crippen LogP contribution in [0.25, 0.3) is 0 Å². The number of carbonyl (C=O) groups excluding carboxylic acids is 1. The Morgan fingerprint density at radius 2 is 2.03 bits per heavy atom. The lowest BCUT2D eigenvalue weighted by Gasteiger charge is -2.35. The average molecular weight is 431 g/mol. The van der Waals surface area contributed by atoms with E-state index >= 15 is 0 Å². The van der Waals surface area contributed by atoms with Gasteiger partial charge in [-0.2, -0.15) is 0 Å². The van der Waals surface area contributed by atoms with E-state index in [-0.39, 0.29) is 5.91 Å². The maximum atomic E-state index is 12.9. The van der Waals surface area contributed by atoms with E-state index in [4.69, 9.17) is 4.74 Å². The third kappa shape index (κ3) is 6.24. The fourth-order valence-electron chi connectivity index (χ4n) is 3.77. The Hall–Kier alpha value is -2.02. The van der Waals surface area contributed by atoms with Crippen molar-refractivity contribution in [2.75, 3.05) is 12.3 Å². The highest BCUT2D eigenvalue weighted by Crippen LogP contribution is 2.24. The molecule has 2 heterocycles. The molecule has 164 valence electrons. The predicted molar refractivity (Wildman–Crippen MR) is 121 cm³/mol. The number of amides is 1. The molecule has 0 N–H and O–H groups in total. The Kier molecular flexibility index (Phi) is 8.61. The Balaban J connectivity index is 1.65. The van der Waals surface area contributed by atoms with Crippen LogP contribution in [0.15, 0.2) is 35.5 Å². The Morgan fingerprint density at radius 1 is 1.23 bits per heavy atom. The number of likely N-dealkylation sites (tertiary alicyclic amines) is 1. The van der Waals surface area contributed by atoms with Gasteiger partial charge in [0.2, 0.25) is 5.91 Å². The maximum Gasteiger partial charge on any atom is 0.233 e. The minimum atomic E-state index is 0.215. The number of aromatic nitrogens is 3. The molecule has 1 aliphatic heterocycles. The number of piperidine rings is 1. The third-order valence-electron chi connectivity index (χ3n) is 5.58. The molecule has 6 nitrogen and oxygen atoms in total. The minimum absolute atomic E-state index is 0.215. The molecule has 2 aromatic rings. The van der Waals surface area contributed by atoms with E-state index < -0.39 is 0 Å². The second-order valence-electron chi connectivity index (χ2n) is 8.27. The molecule has 1 aliphatic rings. The molecule has 7 heteroatoms. The number of rotatable bonds is 10. The van der Waals surface area contributed by atoms with Crippen molar-refractivity contribution in [2.24, 2.45) is 5.92 Å². The quantitative estimate of drug-likeness (QED) is 0.507. The Bertz CT molecular complexity index is 794. The van der Waals surface area contributed by atoms with Crippen LogP contribution in [0.1, 0.15) is 58.7 Å². The van der Waals surface area contributed by atoms with Gasteiger partial charge in [-0.05, 0) is 50.2 Å². The number of thioether (sulfide) groups is 1. The molecule has 1 fully saturated rings. The molecule has 1 unspecified atom stereocenters. The van der Waals surface area contributed by atoms with Crippen molar-refractivity contribution in [3.05, 3.63) is 36.2 Å². The second-order valence-corrected chi connectivity index (χ2v) is 9.21. The van der Waals surface area contributed by atoms with Crippen LogP contribution in [-0.2, 0) is 17.9 Å². The molecule has 1 saturated heterocycles. The molecular weight excluding hydrogens is 396 g/mol. The molecule has 0 bridgehead atoms. The van der Waals surface area contributed by atoms with Gasteiger partial charge in [0.25, 0.3) is 0 Å². The monoisotopic (exact) mass is 430 g/mol. The number of hydrogen-bond donors (Lipinski definition) is 0. The van der Waals surface area contributed by atoms with Crippen LogP contribution in [0.2, 0.25) is 0 Å². The SMILES string of the molecule is CCC1CCCCN1C(=O)CSc1nnc(COc2ccccc2)n1CCC(C)C. The summed E-state index contributed by atoms with van der Waals surface area (Å²) in [5.74, 6) is 2.82. The minimum Gasteiger partial charge on any atom is -0.486 e. The molecule has 1 atom stereocenters. The number of carbonyl (C=O) groups is 1. The van der Waals surface area contributed by atoms with Gasteiger partial charge < -0.3 is 14.2 Å². The van der Waals surface area contributed by atoms with Gasteiger partial charge in [-0.3, -0.25) is 4.79 Å². The Labute approximate surface area is 184 Å². The average Bonchev–Trinajstić information content (AvgIpc) is 3.16. The summed E-state index contributed by atoms with van der Waals surface area (Å²) >= 11 is 1.50. The predicted octanol–water partition coefficient (Wildman–Crippen LogP) is 4.79. The molecule has 0 aliphatic carbocycles. The van der Waals surface area contributed by atoms with Crippen LogP contribution in [0, 0.1) is 5.92 Å². The summed E-state index contributed by atoms with van der Waals surface area (Å²) in [6, 6.07) is 10.1. The number of hydrogen-bond acceptors (Lipinski definition) is 5. The van der Waals surface area contributed by atoms with Gasteiger partial charge in [0.05, 0.1) is 5.75 Å². The summed E-state index contributed by atoms with van der Waals surface area (Å²) in [7, 11) is 0. The zero-order chi connectivity index (χ0) is 21.3. The van der Waals surface area contributed by atoms with Crippen molar-refractivity contribution in [1.29, 1.82) is 0 Å². The summed E-state index contributed by atoms with van der Waals surface area (Å²) in [5, 5.41) is 9.57. The molecule has 1 amide bonds. The highest BCUT2D eigenvalue weighted by atomic mass is 32.2. The first kappa shape index (κ1) is 22.7. The van der Waals surface area contributed by atoms with Gasteiger partial charge in [-0.1, -0.05) is 50.7 Å². The summed E-state index contributed by atoms with van der Waals surface area (Å²) < 4.78 is 8.01. The van der Waals surface area contributed by atoms with E-state index in [1.54, 1.807) is 0 Å². The third-order valence-corrected chi connectivity index (χ3v) is 6.53. The van der Waals surface area contributed by atoms with Gasteiger partial charge in [-0.25, -0.2) is 0 Å². The molecule has 0 radical (unpaired) electrons. The van der Waals surface area contributed by atoms with Crippen molar-refractivity contribution in [3.8, 4) is 5.75 Å². The van der Waals surface area contributed by atoms with E-state index in [9.17, 15) is 4.79 Å². The first-order valence-electron chi connectivity index (χ1n) is 11.1. The van der Waals surface area contributed by atoms with Gasteiger partial charge in [-0.15, -0.1) is 10.2 Å². The molecule has 1 aromatic heterocycles. The van der Waals surface area contributed by atoms with Crippen molar-refractivity contribution >= 4 is 17.7 Å². The molecule has 30 heavy (non-hydrogen) atoms. The highest BCUT2D eigenvalue weighted by Gasteiger charge is 2.26. The van der Waals surface area contributed by atoms with Crippen LogP contribution in [0.3, 0.4) is 0 Å². The summed E-state index contributed by atoms with van der Waals surface area (Å²) in [6.07, 6.45) is 5.52. The van der Waals surface area contributed by atoms with Crippen LogP contribution < -0.4 is 4.74 Å². The second kappa shape index (κ2) is 11.4. The topological polar surface area (TPSA) is 60.3 Å². The zero-order valence-corrected chi connectivity index (χ0v) is 19.2. The molecule has 0 saturated carbocycles. The fraction of sp³-hybridized carbons (Fsp3) is 0.609. The van der Waals surface area contributed by atoms with Crippen LogP contribution >= 0.6 is 11.8 Å². The lowest BCUT2D eigenvalue weighted by Crippen LogP contribution is -2.44. The van der Waals surface area contributed by atoms with Crippen molar-refractivity contribution in [1.82, 2.24) is 19.7 Å². The van der Waals surface area contributed by atoms with Crippen molar-refractivity contribution in [3.63, 3.8) is 0 Å². The van der Waals surface area contributed by atoms with E-state index in [2.05, 4.69) is 40.4 Å². The molecular formula is C23H34N4O2S. The number of ether oxygens (including phenoxy) is 1. The van der Waals surface area contributed by atoms with Gasteiger partial charge in [0, 0.05) is 19.1 Å². The number of para-hydroxylation sites is 1. The molecule has 3 rings (SSSR count). The normalized spacial score (nSPS) is 16.8. The smallest absolute Gasteiger partial charge is 0.233 e. The fourth-order valence-corrected chi connectivity index (χ4v) is 4.64. The van der Waals surface area contributed by atoms with Crippen molar-refractivity contribution in [2.45, 2.75) is 77.2 Å². The first-order chi connectivity index (χ1) is 14.6. The van der Waals surface area contributed by atoms with E-state index in [0.29, 0.717) is 24.3 Å². The van der Waals surface area contributed by atoms with Crippen molar-refractivity contribution < 1.29 is 9.53 Å². The lowest BCUT2D eigenvalue weighted by atomic mass is 10.0. The maximum absolute atomic E-state index is 12.9. The lowest BCUT2D eigenvalue weighted by molar-refractivity contribution is -0.132. The molecule has 0 spiro atoms. The summed E-state index contributed by atoms with van der Waals surface area (Å²) in [4.78, 5) is 14.9. The standard InChI is InChI=1S/C23H34N4O2S/c1-4-19-10-8-9-14-26(19)22(28)17-30-23-25-24-21(27(23)15-13-18(2)3)16-29-20-11-6-5-7-12-20/h5-7,11-12,18-19H,4,8-10,13-17H2,1-3H3.